The minimum Gasteiger partial charge on any atom is -0.495 e. The van der Waals surface area contributed by atoms with E-state index in [1.165, 1.54) is 23.9 Å². The number of non-ortho nitro benzene ring substituents is 1. The predicted octanol–water partition coefficient (Wildman–Crippen LogP) is 5.11. The van der Waals surface area contributed by atoms with Crippen LogP contribution in [-0.2, 0) is 5.75 Å². The van der Waals surface area contributed by atoms with Crippen LogP contribution >= 0.6 is 11.8 Å². The van der Waals surface area contributed by atoms with Gasteiger partial charge in [-0.2, -0.15) is 5.26 Å². The van der Waals surface area contributed by atoms with Crippen molar-refractivity contribution >= 4 is 28.5 Å². The van der Waals surface area contributed by atoms with Crippen LogP contribution in [0.2, 0.25) is 0 Å². The average molecular weight is 416 g/mol. The monoisotopic (exact) mass is 416 g/mol. The van der Waals surface area contributed by atoms with Crippen molar-refractivity contribution in [3.8, 4) is 17.5 Å². The van der Waals surface area contributed by atoms with E-state index in [0.29, 0.717) is 27.7 Å². The van der Waals surface area contributed by atoms with Crippen LogP contribution in [0.25, 0.3) is 16.7 Å². The Morgan fingerprint density at radius 2 is 1.93 bits per heavy atom. The third kappa shape index (κ3) is 3.71. The Kier molecular flexibility index (Phi) is 5.37. The lowest BCUT2D eigenvalue weighted by molar-refractivity contribution is -0.384. The number of benzene rings is 3. The van der Waals surface area contributed by atoms with Gasteiger partial charge in [0.25, 0.3) is 5.69 Å². The molecule has 0 radical (unpaired) electrons. The molecule has 4 rings (SSSR count). The van der Waals surface area contributed by atoms with Crippen LogP contribution in [0.15, 0.2) is 71.9 Å². The van der Waals surface area contributed by atoms with Crippen LogP contribution < -0.4 is 4.74 Å². The molecule has 1 heterocycles. The maximum atomic E-state index is 11.2. The molecule has 0 fully saturated rings. The normalized spacial score (nSPS) is 10.7. The molecule has 4 aromatic rings. The number of methoxy groups -OCH3 is 1. The van der Waals surface area contributed by atoms with Crippen molar-refractivity contribution in [2.45, 2.75) is 10.9 Å². The van der Waals surface area contributed by atoms with Gasteiger partial charge in [0.1, 0.15) is 5.75 Å². The summed E-state index contributed by atoms with van der Waals surface area (Å²) in [7, 11) is 1.60. The number of rotatable bonds is 6. The van der Waals surface area contributed by atoms with Crippen LogP contribution in [0.4, 0.5) is 5.69 Å². The quantitative estimate of drug-likeness (QED) is 0.246. The molecule has 0 saturated carbocycles. The standard InChI is InChI=1S/C22H16N4O3S/c1-29-21-5-3-2-4-20(21)25-19-11-10-17(26(27)28)12-18(19)24-22(25)30-14-16-8-6-15(13-23)7-9-16/h2-12H,14H2,1H3. The molecular formula is C22H16N4O3S. The fraction of sp³-hybridized carbons (Fsp3) is 0.0909. The highest BCUT2D eigenvalue weighted by atomic mass is 32.2. The number of nitro benzene ring substituents is 1. The number of nitro groups is 1. The van der Waals surface area contributed by atoms with E-state index in [4.69, 9.17) is 10.00 Å². The van der Waals surface area contributed by atoms with Crippen LogP contribution in [0.3, 0.4) is 0 Å². The fourth-order valence-electron chi connectivity index (χ4n) is 3.13. The summed E-state index contributed by atoms with van der Waals surface area (Å²) < 4.78 is 7.48. The maximum absolute atomic E-state index is 11.2. The SMILES string of the molecule is COc1ccccc1-n1c(SCc2ccc(C#N)cc2)nc2cc([N+](=O)[O-])ccc21. The zero-order valence-corrected chi connectivity index (χ0v) is 16.8. The van der Waals surface area contributed by atoms with Gasteiger partial charge in [0.15, 0.2) is 5.16 Å². The molecule has 0 bridgehead atoms. The van der Waals surface area contributed by atoms with E-state index in [1.54, 1.807) is 25.3 Å². The number of nitriles is 1. The van der Waals surface area contributed by atoms with Crippen molar-refractivity contribution < 1.29 is 9.66 Å². The van der Waals surface area contributed by atoms with Gasteiger partial charge in [0, 0.05) is 17.9 Å². The van der Waals surface area contributed by atoms with Gasteiger partial charge in [0.2, 0.25) is 0 Å². The highest BCUT2D eigenvalue weighted by Gasteiger charge is 2.18. The number of nitrogens with zero attached hydrogens (tertiary/aromatic N) is 4. The van der Waals surface area contributed by atoms with Crippen LogP contribution in [0.1, 0.15) is 11.1 Å². The fourth-order valence-corrected chi connectivity index (χ4v) is 4.10. The zero-order chi connectivity index (χ0) is 21.1. The number of thioether (sulfide) groups is 1. The van der Waals surface area contributed by atoms with Gasteiger partial charge in [-0.3, -0.25) is 14.7 Å². The summed E-state index contributed by atoms with van der Waals surface area (Å²) in [6.07, 6.45) is 0. The lowest BCUT2D eigenvalue weighted by Gasteiger charge is -2.13. The van der Waals surface area contributed by atoms with Crippen molar-refractivity contribution in [1.29, 1.82) is 5.26 Å². The summed E-state index contributed by atoms with van der Waals surface area (Å²) in [4.78, 5) is 15.4. The second kappa shape index (κ2) is 8.27. The van der Waals surface area contributed by atoms with Gasteiger partial charge in [-0.1, -0.05) is 36.0 Å². The smallest absolute Gasteiger partial charge is 0.271 e. The molecule has 0 aliphatic carbocycles. The third-order valence-electron chi connectivity index (χ3n) is 4.60. The average Bonchev–Trinajstić information content (AvgIpc) is 3.15. The van der Waals surface area contributed by atoms with E-state index in [-0.39, 0.29) is 5.69 Å². The molecule has 3 aromatic carbocycles. The predicted molar refractivity (Wildman–Crippen MR) is 115 cm³/mol. The highest BCUT2D eigenvalue weighted by Crippen LogP contribution is 2.34. The molecule has 0 spiro atoms. The van der Waals surface area contributed by atoms with Crippen molar-refractivity contribution in [2.24, 2.45) is 0 Å². The Hall–Kier alpha value is -3.83. The largest absolute Gasteiger partial charge is 0.495 e. The number of imidazole rings is 1. The Bertz CT molecular complexity index is 1280. The molecule has 0 amide bonds. The summed E-state index contributed by atoms with van der Waals surface area (Å²) in [6.45, 7) is 0. The van der Waals surface area contributed by atoms with E-state index in [1.807, 2.05) is 41.0 Å². The Morgan fingerprint density at radius 3 is 2.63 bits per heavy atom. The molecular weight excluding hydrogens is 400 g/mol. The van der Waals surface area contributed by atoms with Crippen LogP contribution in [0.5, 0.6) is 5.75 Å². The Balaban J connectivity index is 1.80. The number of para-hydroxylation sites is 2. The second-order valence-electron chi connectivity index (χ2n) is 6.43. The van der Waals surface area contributed by atoms with Crippen molar-refractivity contribution in [2.75, 3.05) is 7.11 Å². The van der Waals surface area contributed by atoms with E-state index >= 15 is 0 Å². The summed E-state index contributed by atoms with van der Waals surface area (Å²) in [5, 5.41) is 20.8. The summed E-state index contributed by atoms with van der Waals surface area (Å²) in [6, 6.07) is 21.7. The van der Waals surface area contributed by atoms with Crippen molar-refractivity contribution in [1.82, 2.24) is 9.55 Å². The minimum absolute atomic E-state index is 0.00387. The lowest BCUT2D eigenvalue weighted by Crippen LogP contribution is -2.00. The molecule has 0 atom stereocenters. The molecule has 8 heteroatoms. The number of hydrogen-bond acceptors (Lipinski definition) is 6. The van der Waals surface area contributed by atoms with E-state index in [0.717, 1.165) is 16.8 Å². The van der Waals surface area contributed by atoms with Gasteiger partial charge in [-0.15, -0.1) is 0 Å². The van der Waals surface area contributed by atoms with Gasteiger partial charge >= 0.3 is 0 Å². The van der Waals surface area contributed by atoms with Crippen LogP contribution in [0, 0.1) is 21.4 Å². The van der Waals surface area contributed by atoms with Crippen molar-refractivity contribution in [3.63, 3.8) is 0 Å². The number of aromatic nitrogens is 2. The number of ether oxygens (including phenoxy) is 1. The molecule has 0 N–H and O–H groups in total. The van der Waals surface area contributed by atoms with E-state index < -0.39 is 4.92 Å². The topological polar surface area (TPSA) is 94.0 Å². The first-order valence-corrected chi connectivity index (χ1v) is 10.0. The van der Waals surface area contributed by atoms with Gasteiger partial charge in [-0.05, 0) is 35.9 Å². The van der Waals surface area contributed by atoms with E-state index in [9.17, 15) is 10.1 Å². The van der Waals surface area contributed by atoms with Crippen molar-refractivity contribution in [3.05, 3.63) is 88.0 Å². The zero-order valence-electron chi connectivity index (χ0n) is 16.0. The Morgan fingerprint density at radius 1 is 1.17 bits per heavy atom. The van der Waals surface area contributed by atoms with Crippen LogP contribution in [-0.4, -0.2) is 21.6 Å². The number of hydrogen-bond donors (Lipinski definition) is 0. The molecule has 148 valence electrons. The van der Waals surface area contributed by atoms with Gasteiger partial charge in [-0.25, -0.2) is 4.98 Å². The molecule has 7 nitrogen and oxygen atoms in total. The summed E-state index contributed by atoms with van der Waals surface area (Å²) in [5.41, 5.74) is 3.75. The molecule has 0 aliphatic rings. The first-order valence-electron chi connectivity index (χ1n) is 9.03. The summed E-state index contributed by atoms with van der Waals surface area (Å²) >= 11 is 1.51. The van der Waals surface area contributed by atoms with Gasteiger partial charge in [0.05, 0.1) is 40.4 Å². The third-order valence-corrected chi connectivity index (χ3v) is 5.60. The maximum Gasteiger partial charge on any atom is 0.271 e. The highest BCUT2D eigenvalue weighted by molar-refractivity contribution is 7.98. The summed E-state index contributed by atoms with van der Waals surface area (Å²) in [5.74, 6) is 1.31. The Labute approximate surface area is 176 Å². The van der Waals surface area contributed by atoms with E-state index in [2.05, 4.69) is 11.1 Å². The molecule has 1 aromatic heterocycles. The second-order valence-corrected chi connectivity index (χ2v) is 7.37. The van der Waals surface area contributed by atoms with Gasteiger partial charge < -0.3 is 4.74 Å². The molecule has 0 aliphatic heterocycles. The molecule has 0 saturated heterocycles. The first kappa shape index (κ1) is 19.5. The lowest BCUT2D eigenvalue weighted by atomic mass is 10.2. The molecule has 30 heavy (non-hydrogen) atoms. The number of fused-ring (bicyclic) bond motifs is 1. The molecule has 0 unspecified atom stereocenters. The minimum atomic E-state index is -0.425. The first-order chi connectivity index (χ1) is 14.6.